The molecule has 0 bridgehead atoms. The first kappa shape index (κ1) is 11.4. The monoisotopic (exact) mass is 224 g/mol. The van der Waals surface area contributed by atoms with Crippen LogP contribution in [0.1, 0.15) is 38.5 Å². The molecule has 1 aromatic rings. The molecule has 1 aromatic heterocycles. The summed E-state index contributed by atoms with van der Waals surface area (Å²) in [5.74, 6) is 1.47. The van der Waals surface area contributed by atoms with Gasteiger partial charge < -0.3 is 15.5 Å². The number of nitrogens with one attached hydrogen (secondary N) is 1. The van der Waals surface area contributed by atoms with E-state index in [0.29, 0.717) is 30.9 Å². The minimum Gasteiger partial charge on any atom is -0.408 e. The average Bonchev–Trinajstić information content (AvgIpc) is 2.70. The quantitative estimate of drug-likeness (QED) is 0.811. The van der Waals surface area contributed by atoms with Gasteiger partial charge in [0.2, 0.25) is 5.89 Å². The van der Waals surface area contributed by atoms with Gasteiger partial charge in [0.1, 0.15) is 0 Å². The molecule has 0 unspecified atom stereocenters. The number of hydrogen-bond acceptors (Lipinski definition) is 5. The molecule has 1 saturated carbocycles. The third-order valence-electron chi connectivity index (χ3n) is 3.17. The van der Waals surface area contributed by atoms with Crippen molar-refractivity contribution in [3.05, 3.63) is 5.89 Å². The summed E-state index contributed by atoms with van der Waals surface area (Å²) in [6.45, 7) is 2.85. The van der Waals surface area contributed by atoms with E-state index in [2.05, 4.69) is 22.4 Å². The van der Waals surface area contributed by atoms with Gasteiger partial charge in [-0.2, -0.15) is 0 Å². The highest BCUT2D eigenvalue weighted by Crippen LogP contribution is 2.25. The summed E-state index contributed by atoms with van der Waals surface area (Å²) in [5.41, 5.74) is 5.42. The minimum absolute atomic E-state index is 0.488. The van der Waals surface area contributed by atoms with Crippen molar-refractivity contribution in [1.29, 1.82) is 0 Å². The van der Waals surface area contributed by atoms with Crippen molar-refractivity contribution in [3.63, 3.8) is 0 Å². The molecule has 0 radical (unpaired) electrons. The fourth-order valence-corrected chi connectivity index (χ4v) is 2.12. The van der Waals surface area contributed by atoms with E-state index in [1.54, 1.807) is 0 Å². The molecule has 0 aromatic carbocycles. The van der Waals surface area contributed by atoms with Crippen LogP contribution >= 0.6 is 0 Å². The van der Waals surface area contributed by atoms with Gasteiger partial charge in [0, 0.05) is 19.0 Å². The summed E-state index contributed by atoms with van der Waals surface area (Å²) >= 11 is 0. The molecule has 5 nitrogen and oxygen atoms in total. The summed E-state index contributed by atoms with van der Waals surface area (Å²) < 4.78 is 5.44. The molecule has 2 rings (SSSR count). The Bertz CT molecular complexity index is 318. The first-order valence-corrected chi connectivity index (χ1v) is 6.07. The van der Waals surface area contributed by atoms with Crippen LogP contribution in [0.3, 0.4) is 0 Å². The number of nitrogens with two attached hydrogens (primary N) is 1. The number of nitrogens with zero attached hydrogens (tertiary/aromatic N) is 2. The van der Waals surface area contributed by atoms with Crippen LogP contribution in [-0.2, 0) is 6.42 Å². The van der Waals surface area contributed by atoms with E-state index in [0.717, 1.165) is 5.92 Å². The molecule has 0 atom stereocenters. The molecule has 1 aliphatic carbocycles. The van der Waals surface area contributed by atoms with Gasteiger partial charge in [0.15, 0.2) is 0 Å². The third-order valence-corrected chi connectivity index (χ3v) is 3.17. The highest BCUT2D eigenvalue weighted by Gasteiger charge is 2.19. The van der Waals surface area contributed by atoms with Gasteiger partial charge in [-0.15, -0.1) is 5.10 Å². The summed E-state index contributed by atoms with van der Waals surface area (Å²) in [6.07, 6.45) is 5.59. The fraction of sp³-hybridized carbons (Fsp3) is 0.818. The van der Waals surface area contributed by atoms with Crippen LogP contribution < -0.4 is 11.1 Å². The maximum atomic E-state index is 5.44. The van der Waals surface area contributed by atoms with E-state index in [1.165, 1.54) is 25.7 Å². The lowest BCUT2D eigenvalue weighted by molar-refractivity contribution is 0.355. The van der Waals surface area contributed by atoms with Crippen molar-refractivity contribution in [2.45, 2.75) is 45.1 Å². The van der Waals surface area contributed by atoms with E-state index < -0.39 is 0 Å². The topological polar surface area (TPSA) is 77.0 Å². The second-order valence-corrected chi connectivity index (χ2v) is 4.64. The van der Waals surface area contributed by atoms with E-state index in [-0.39, 0.29) is 0 Å². The lowest BCUT2D eigenvalue weighted by Crippen LogP contribution is -2.25. The summed E-state index contributed by atoms with van der Waals surface area (Å²) in [6, 6.07) is 1.03. The molecule has 90 valence electrons. The molecule has 5 heteroatoms. The molecule has 0 spiro atoms. The molecule has 0 aliphatic heterocycles. The zero-order chi connectivity index (χ0) is 11.4. The van der Waals surface area contributed by atoms with Crippen LogP contribution in [0, 0.1) is 5.92 Å². The van der Waals surface area contributed by atoms with E-state index in [4.69, 9.17) is 10.2 Å². The Morgan fingerprint density at radius 2 is 2.06 bits per heavy atom. The average molecular weight is 224 g/mol. The highest BCUT2D eigenvalue weighted by molar-refractivity contribution is 5.19. The maximum Gasteiger partial charge on any atom is 0.315 e. The lowest BCUT2D eigenvalue weighted by atomic mass is 9.87. The molecule has 0 amide bonds. The number of rotatable bonds is 4. The molecule has 1 heterocycles. The second kappa shape index (κ2) is 5.30. The Morgan fingerprint density at radius 1 is 1.31 bits per heavy atom. The van der Waals surface area contributed by atoms with Crippen molar-refractivity contribution in [2.75, 3.05) is 11.9 Å². The second-order valence-electron chi connectivity index (χ2n) is 4.64. The van der Waals surface area contributed by atoms with E-state index >= 15 is 0 Å². The fourth-order valence-electron chi connectivity index (χ4n) is 2.12. The van der Waals surface area contributed by atoms with Crippen molar-refractivity contribution >= 4 is 6.01 Å². The molecular formula is C11H20N4O. The highest BCUT2D eigenvalue weighted by atomic mass is 16.4. The summed E-state index contributed by atoms with van der Waals surface area (Å²) in [4.78, 5) is 0. The number of anilines is 1. The van der Waals surface area contributed by atoms with Crippen LogP contribution in [0.25, 0.3) is 0 Å². The Kier molecular flexibility index (Phi) is 3.77. The predicted octanol–water partition coefficient (Wildman–Crippen LogP) is 1.56. The molecule has 1 fully saturated rings. The first-order chi connectivity index (χ1) is 7.78. The van der Waals surface area contributed by atoms with Crippen LogP contribution in [-0.4, -0.2) is 22.8 Å². The van der Waals surface area contributed by atoms with Crippen LogP contribution in [0.15, 0.2) is 4.42 Å². The summed E-state index contributed by atoms with van der Waals surface area (Å²) in [7, 11) is 0. The normalized spacial score (nSPS) is 25.6. The standard InChI is InChI=1S/C11H20N4O/c1-8-2-4-9(5-3-8)13-11-15-14-10(16-11)6-7-12/h8-9H,2-7,12H2,1H3,(H,13,15). The van der Waals surface area contributed by atoms with Gasteiger partial charge in [-0.05, 0) is 31.6 Å². The smallest absolute Gasteiger partial charge is 0.315 e. The molecule has 1 aliphatic rings. The van der Waals surface area contributed by atoms with Crippen molar-refractivity contribution in [3.8, 4) is 0 Å². The molecule has 3 N–H and O–H groups in total. The lowest BCUT2D eigenvalue weighted by Gasteiger charge is -2.25. The van der Waals surface area contributed by atoms with E-state index in [1.807, 2.05) is 0 Å². The largest absolute Gasteiger partial charge is 0.408 e. The molecule has 16 heavy (non-hydrogen) atoms. The maximum absolute atomic E-state index is 5.44. The van der Waals surface area contributed by atoms with Gasteiger partial charge in [-0.1, -0.05) is 12.0 Å². The number of hydrogen-bond donors (Lipinski definition) is 2. The Morgan fingerprint density at radius 3 is 2.75 bits per heavy atom. The predicted molar refractivity (Wildman–Crippen MR) is 62.1 cm³/mol. The van der Waals surface area contributed by atoms with E-state index in [9.17, 15) is 0 Å². The van der Waals surface area contributed by atoms with Crippen molar-refractivity contribution in [1.82, 2.24) is 10.2 Å². The van der Waals surface area contributed by atoms with Gasteiger partial charge in [-0.3, -0.25) is 0 Å². The van der Waals surface area contributed by atoms with Crippen molar-refractivity contribution in [2.24, 2.45) is 11.7 Å². The van der Waals surface area contributed by atoms with Gasteiger partial charge in [-0.25, -0.2) is 0 Å². The Hall–Kier alpha value is -1.10. The van der Waals surface area contributed by atoms with Gasteiger partial charge in [0.25, 0.3) is 0 Å². The zero-order valence-electron chi connectivity index (χ0n) is 9.78. The number of aromatic nitrogens is 2. The van der Waals surface area contributed by atoms with Gasteiger partial charge >= 0.3 is 6.01 Å². The molecule has 0 saturated heterocycles. The Labute approximate surface area is 95.8 Å². The van der Waals surface area contributed by atoms with Crippen LogP contribution in [0.2, 0.25) is 0 Å². The third kappa shape index (κ3) is 2.95. The van der Waals surface area contributed by atoms with Crippen molar-refractivity contribution < 1.29 is 4.42 Å². The SMILES string of the molecule is CC1CCC(Nc2nnc(CCN)o2)CC1. The van der Waals surface area contributed by atoms with Gasteiger partial charge in [0.05, 0.1) is 0 Å². The summed E-state index contributed by atoms with van der Waals surface area (Å²) in [5, 5.41) is 11.2. The molecular weight excluding hydrogens is 204 g/mol. The van der Waals surface area contributed by atoms with Crippen LogP contribution in [0.4, 0.5) is 6.01 Å². The zero-order valence-corrected chi connectivity index (χ0v) is 9.78. The van der Waals surface area contributed by atoms with Crippen LogP contribution in [0.5, 0.6) is 0 Å². The minimum atomic E-state index is 0.488. The first-order valence-electron chi connectivity index (χ1n) is 6.07. The Balaban J connectivity index is 1.83.